The van der Waals surface area contributed by atoms with Gasteiger partial charge in [-0.2, -0.15) is 5.10 Å². The second-order valence-corrected chi connectivity index (χ2v) is 9.04. The summed E-state index contributed by atoms with van der Waals surface area (Å²) in [6.45, 7) is 5.08. The van der Waals surface area contributed by atoms with Crippen molar-refractivity contribution in [2.45, 2.75) is 33.1 Å². The number of likely N-dealkylation sites (tertiary alicyclic amines) is 1. The molecule has 0 aliphatic carbocycles. The number of amides is 1. The lowest BCUT2D eigenvalue weighted by molar-refractivity contribution is -0.131. The number of rotatable bonds is 5. The van der Waals surface area contributed by atoms with E-state index in [9.17, 15) is 9.59 Å². The molecule has 5 nitrogen and oxygen atoms in total. The molecule has 0 saturated carbocycles. The number of aromatic nitrogens is 2. The fourth-order valence-corrected chi connectivity index (χ4v) is 4.59. The van der Waals surface area contributed by atoms with E-state index in [0.29, 0.717) is 48.0 Å². The molecule has 1 amide bonds. The molecule has 4 rings (SSSR count). The van der Waals surface area contributed by atoms with Crippen LogP contribution in [0.25, 0.3) is 5.69 Å². The van der Waals surface area contributed by atoms with Crippen LogP contribution >= 0.6 is 23.2 Å². The Morgan fingerprint density at radius 1 is 1.00 bits per heavy atom. The number of aryl methyl sites for hydroxylation is 1. The van der Waals surface area contributed by atoms with Crippen LogP contribution in [0.15, 0.2) is 48.5 Å². The number of hydrogen-bond donors (Lipinski definition) is 0. The third-order valence-electron chi connectivity index (χ3n) is 6.19. The highest BCUT2D eigenvalue weighted by atomic mass is 35.5. The number of ketones is 1. The molecule has 0 bridgehead atoms. The van der Waals surface area contributed by atoms with Crippen LogP contribution in [-0.2, 0) is 11.2 Å². The molecule has 7 heteroatoms. The van der Waals surface area contributed by atoms with E-state index in [2.05, 4.69) is 5.10 Å². The lowest BCUT2D eigenvalue weighted by atomic mass is 9.88. The third kappa shape index (κ3) is 4.59. The summed E-state index contributed by atoms with van der Waals surface area (Å²) < 4.78 is 1.89. The first-order chi connectivity index (χ1) is 15.3. The van der Waals surface area contributed by atoms with Crippen molar-refractivity contribution in [1.82, 2.24) is 14.7 Å². The van der Waals surface area contributed by atoms with Crippen LogP contribution in [0.1, 0.15) is 40.2 Å². The third-order valence-corrected chi connectivity index (χ3v) is 6.93. The molecular formula is C25H25Cl2N3O2. The monoisotopic (exact) mass is 469 g/mol. The minimum absolute atomic E-state index is 0.0616. The van der Waals surface area contributed by atoms with Crippen molar-refractivity contribution >= 4 is 34.9 Å². The molecule has 1 aliphatic heterocycles. The number of nitrogens with zero attached hydrogens (tertiary/aromatic N) is 3. The van der Waals surface area contributed by atoms with Crippen molar-refractivity contribution in [1.29, 1.82) is 0 Å². The fourth-order valence-electron chi connectivity index (χ4n) is 4.29. The predicted octanol–water partition coefficient (Wildman–Crippen LogP) is 5.46. The van der Waals surface area contributed by atoms with Crippen molar-refractivity contribution in [3.05, 3.63) is 81.1 Å². The molecule has 0 spiro atoms. The van der Waals surface area contributed by atoms with E-state index >= 15 is 0 Å². The summed E-state index contributed by atoms with van der Waals surface area (Å²) in [5.74, 6) is 0.0244. The Bertz CT molecular complexity index is 1150. The molecule has 2 aromatic carbocycles. The zero-order valence-corrected chi connectivity index (χ0v) is 19.7. The van der Waals surface area contributed by atoms with Crippen LogP contribution < -0.4 is 0 Å². The van der Waals surface area contributed by atoms with Gasteiger partial charge in [0.2, 0.25) is 5.91 Å². The van der Waals surface area contributed by atoms with Gasteiger partial charge in [-0.05, 0) is 57.0 Å². The lowest BCUT2D eigenvalue weighted by Crippen LogP contribution is -2.41. The largest absolute Gasteiger partial charge is 0.342 e. The molecule has 2 heterocycles. The highest BCUT2D eigenvalue weighted by Gasteiger charge is 2.29. The summed E-state index contributed by atoms with van der Waals surface area (Å²) >= 11 is 12.0. The van der Waals surface area contributed by atoms with E-state index in [1.165, 1.54) is 0 Å². The summed E-state index contributed by atoms with van der Waals surface area (Å²) in [6, 6.07) is 14.9. The Kier molecular flexibility index (Phi) is 6.68. The molecule has 166 valence electrons. The van der Waals surface area contributed by atoms with E-state index < -0.39 is 0 Å². The summed E-state index contributed by atoms with van der Waals surface area (Å²) in [7, 11) is 0. The lowest BCUT2D eigenvalue weighted by Gasteiger charge is -2.31. The van der Waals surface area contributed by atoms with Gasteiger partial charge in [0.1, 0.15) is 0 Å². The maximum absolute atomic E-state index is 13.0. The Morgan fingerprint density at radius 3 is 2.34 bits per heavy atom. The van der Waals surface area contributed by atoms with Gasteiger partial charge in [0.15, 0.2) is 5.78 Å². The summed E-state index contributed by atoms with van der Waals surface area (Å²) in [4.78, 5) is 27.7. The average molecular weight is 470 g/mol. The normalized spacial score (nSPS) is 14.6. The number of Topliss-reactive ketones (excluding diaryl/α,β-unsaturated/α-hetero) is 1. The Balaban J connectivity index is 1.39. The van der Waals surface area contributed by atoms with Crippen LogP contribution in [0.5, 0.6) is 0 Å². The van der Waals surface area contributed by atoms with Gasteiger partial charge in [0, 0.05) is 35.8 Å². The van der Waals surface area contributed by atoms with Crippen molar-refractivity contribution in [2.75, 3.05) is 13.1 Å². The molecule has 32 heavy (non-hydrogen) atoms. The van der Waals surface area contributed by atoms with E-state index in [1.54, 1.807) is 18.2 Å². The number of halogens is 2. The Labute approximate surface area is 197 Å². The first kappa shape index (κ1) is 22.6. The summed E-state index contributed by atoms with van der Waals surface area (Å²) in [5.41, 5.74) is 4.36. The SMILES string of the molecule is Cc1nn(-c2ccccc2)c(C)c1CC(=O)N1CCC(C(=O)c2ccc(Cl)c(Cl)c2)CC1. The number of piperidine rings is 1. The average Bonchev–Trinajstić information content (AvgIpc) is 3.09. The minimum atomic E-state index is -0.111. The molecule has 0 atom stereocenters. The smallest absolute Gasteiger partial charge is 0.227 e. The highest BCUT2D eigenvalue weighted by molar-refractivity contribution is 6.42. The van der Waals surface area contributed by atoms with E-state index in [-0.39, 0.29) is 17.6 Å². The van der Waals surface area contributed by atoms with E-state index in [4.69, 9.17) is 23.2 Å². The van der Waals surface area contributed by atoms with Crippen molar-refractivity contribution in [3.8, 4) is 5.69 Å². The molecule has 1 fully saturated rings. The number of hydrogen-bond acceptors (Lipinski definition) is 3. The molecule has 0 unspecified atom stereocenters. The van der Waals surface area contributed by atoms with Gasteiger partial charge in [-0.25, -0.2) is 4.68 Å². The minimum Gasteiger partial charge on any atom is -0.342 e. The summed E-state index contributed by atoms with van der Waals surface area (Å²) in [6.07, 6.45) is 1.61. The maximum Gasteiger partial charge on any atom is 0.227 e. The number of para-hydroxylation sites is 1. The van der Waals surface area contributed by atoms with Gasteiger partial charge in [-0.1, -0.05) is 41.4 Å². The molecule has 0 radical (unpaired) electrons. The van der Waals surface area contributed by atoms with Gasteiger partial charge in [0.25, 0.3) is 0 Å². The van der Waals surface area contributed by atoms with Crippen LogP contribution in [0.4, 0.5) is 0 Å². The molecule has 3 aromatic rings. The van der Waals surface area contributed by atoms with E-state index in [0.717, 1.165) is 22.6 Å². The van der Waals surface area contributed by atoms with Crippen molar-refractivity contribution < 1.29 is 9.59 Å². The quantitative estimate of drug-likeness (QED) is 0.466. The fraction of sp³-hybridized carbons (Fsp3) is 0.320. The standard InChI is InChI=1S/C25H25Cl2N3O2/c1-16-21(17(2)30(28-16)20-6-4-3-5-7-20)15-24(31)29-12-10-18(11-13-29)25(32)19-8-9-22(26)23(27)14-19/h3-9,14,18H,10-13,15H2,1-2H3. The zero-order chi connectivity index (χ0) is 22.8. The topological polar surface area (TPSA) is 55.2 Å². The van der Waals surface area contributed by atoms with Crippen LogP contribution in [0.3, 0.4) is 0 Å². The van der Waals surface area contributed by atoms with Crippen molar-refractivity contribution in [3.63, 3.8) is 0 Å². The zero-order valence-electron chi connectivity index (χ0n) is 18.1. The maximum atomic E-state index is 13.0. The second kappa shape index (κ2) is 9.47. The first-order valence-electron chi connectivity index (χ1n) is 10.7. The van der Waals surface area contributed by atoms with Gasteiger partial charge in [-0.15, -0.1) is 0 Å². The Morgan fingerprint density at radius 2 is 1.69 bits per heavy atom. The predicted molar refractivity (Wildman–Crippen MR) is 127 cm³/mol. The summed E-state index contributed by atoms with van der Waals surface area (Å²) in [5, 5.41) is 5.46. The molecule has 1 aliphatic rings. The van der Waals surface area contributed by atoms with Crippen LogP contribution in [0.2, 0.25) is 10.0 Å². The van der Waals surface area contributed by atoms with Crippen LogP contribution in [-0.4, -0.2) is 39.5 Å². The van der Waals surface area contributed by atoms with Crippen LogP contribution in [0, 0.1) is 19.8 Å². The van der Waals surface area contributed by atoms with E-state index in [1.807, 2.05) is 53.8 Å². The van der Waals surface area contributed by atoms with Gasteiger partial charge < -0.3 is 4.90 Å². The first-order valence-corrected chi connectivity index (χ1v) is 11.5. The molecule has 0 N–H and O–H groups in total. The van der Waals surface area contributed by atoms with Gasteiger partial charge in [-0.3, -0.25) is 9.59 Å². The number of carbonyl (C=O) groups excluding carboxylic acids is 2. The molecular weight excluding hydrogens is 445 g/mol. The van der Waals surface area contributed by atoms with Gasteiger partial charge >= 0.3 is 0 Å². The molecule has 1 aromatic heterocycles. The van der Waals surface area contributed by atoms with Crippen molar-refractivity contribution in [2.24, 2.45) is 5.92 Å². The Hall–Kier alpha value is -2.63. The highest BCUT2D eigenvalue weighted by Crippen LogP contribution is 2.27. The number of carbonyl (C=O) groups is 2. The number of benzene rings is 2. The second-order valence-electron chi connectivity index (χ2n) is 8.22. The molecule has 1 saturated heterocycles. The van der Waals surface area contributed by atoms with Gasteiger partial charge in [0.05, 0.1) is 27.8 Å².